The van der Waals surface area contributed by atoms with Crippen LogP contribution < -0.4 is 0 Å². The van der Waals surface area contributed by atoms with Crippen LogP contribution in [0.4, 0.5) is 0 Å². The molecule has 4 nitrogen and oxygen atoms in total. The van der Waals surface area contributed by atoms with Gasteiger partial charge in [-0.3, -0.25) is 9.79 Å². The number of carbonyl (C=O) groups excluding carboxylic acids is 1. The molecule has 104 valence electrons. The highest BCUT2D eigenvalue weighted by molar-refractivity contribution is 5.73. The van der Waals surface area contributed by atoms with Crippen LogP contribution >= 0.6 is 0 Å². The Balaban J connectivity index is 2.35. The van der Waals surface area contributed by atoms with Crippen LogP contribution in [-0.4, -0.2) is 43.4 Å². The molecule has 1 rings (SSSR count). The van der Waals surface area contributed by atoms with Gasteiger partial charge in [-0.15, -0.1) is 0 Å². The zero-order valence-electron chi connectivity index (χ0n) is 11.7. The lowest BCUT2D eigenvalue weighted by Gasteiger charge is -2.21. The van der Waals surface area contributed by atoms with Crippen LogP contribution in [-0.2, 0) is 9.53 Å². The van der Waals surface area contributed by atoms with Gasteiger partial charge in [0, 0.05) is 13.1 Å². The van der Waals surface area contributed by atoms with E-state index in [1.54, 1.807) is 0 Å². The number of hydrogen-bond donors (Lipinski definition) is 0. The van der Waals surface area contributed by atoms with E-state index in [0.29, 0.717) is 6.61 Å². The van der Waals surface area contributed by atoms with Gasteiger partial charge in [-0.1, -0.05) is 32.6 Å². The van der Waals surface area contributed by atoms with E-state index in [-0.39, 0.29) is 11.9 Å². The van der Waals surface area contributed by atoms with Crippen molar-refractivity contribution < 1.29 is 9.53 Å². The van der Waals surface area contributed by atoms with Crippen molar-refractivity contribution in [2.24, 2.45) is 10.9 Å². The van der Waals surface area contributed by atoms with Crippen molar-refractivity contribution in [3.05, 3.63) is 0 Å². The first kappa shape index (κ1) is 15.0. The normalized spacial score (nSPS) is 16.0. The SMILES string of the molecule is CCCCCCC(CN1C=NCC1)C(=O)OCC. The molecule has 0 saturated carbocycles. The van der Waals surface area contributed by atoms with Crippen LogP contribution in [0.15, 0.2) is 4.99 Å². The Labute approximate surface area is 110 Å². The van der Waals surface area contributed by atoms with Crippen LogP contribution in [0.1, 0.15) is 46.0 Å². The fourth-order valence-corrected chi connectivity index (χ4v) is 2.20. The number of esters is 1. The maximum Gasteiger partial charge on any atom is 0.310 e. The molecule has 0 aliphatic carbocycles. The summed E-state index contributed by atoms with van der Waals surface area (Å²) < 4.78 is 5.16. The van der Waals surface area contributed by atoms with Crippen molar-refractivity contribution in [3.63, 3.8) is 0 Å². The van der Waals surface area contributed by atoms with E-state index in [2.05, 4.69) is 16.8 Å². The van der Waals surface area contributed by atoms with Crippen molar-refractivity contribution in [2.45, 2.75) is 46.0 Å². The first-order valence-corrected chi connectivity index (χ1v) is 7.18. The summed E-state index contributed by atoms with van der Waals surface area (Å²) in [7, 11) is 0. The molecular formula is C14H26N2O2. The van der Waals surface area contributed by atoms with Gasteiger partial charge in [0.15, 0.2) is 0 Å². The summed E-state index contributed by atoms with van der Waals surface area (Å²) in [5, 5.41) is 0. The molecular weight excluding hydrogens is 228 g/mol. The number of carbonyl (C=O) groups is 1. The average molecular weight is 254 g/mol. The van der Waals surface area contributed by atoms with Gasteiger partial charge in [0.05, 0.1) is 25.4 Å². The number of unbranched alkanes of at least 4 members (excludes halogenated alkanes) is 3. The zero-order valence-corrected chi connectivity index (χ0v) is 11.7. The maximum atomic E-state index is 11.9. The molecule has 1 atom stereocenters. The van der Waals surface area contributed by atoms with Crippen molar-refractivity contribution >= 4 is 12.3 Å². The summed E-state index contributed by atoms with van der Waals surface area (Å²) in [6.07, 6.45) is 7.59. The van der Waals surface area contributed by atoms with Gasteiger partial charge in [-0.25, -0.2) is 0 Å². The molecule has 0 aromatic rings. The number of nitrogens with zero attached hydrogens (tertiary/aromatic N) is 2. The van der Waals surface area contributed by atoms with E-state index in [4.69, 9.17) is 4.74 Å². The van der Waals surface area contributed by atoms with Gasteiger partial charge < -0.3 is 9.64 Å². The second-order valence-corrected chi connectivity index (χ2v) is 4.81. The van der Waals surface area contributed by atoms with Crippen LogP contribution in [0.2, 0.25) is 0 Å². The fourth-order valence-electron chi connectivity index (χ4n) is 2.20. The molecule has 1 aliphatic heterocycles. The van der Waals surface area contributed by atoms with E-state index in [9.17, 15) is 4.79 Å². The topological polar surface area (TPSA) is 41.9 Å². The summed E-state index contributed by atoms with van der Waals surface area (Å²) >= 11 is 0. The van der Waals surface area contributed by atoms with Gasteiger partial charge in [0.2, 0.25) is 0 Å². The van der Waals surface area contributed by atoms with Gasteiger partial charge >= 0.3 is 5.97 Å². The molecule has 0 amide bonds. The van der Waals surface area contributed by atoms with Gasteiger partial charge in [0.1, 0.15) is 0 Å². The monoisotopic (exact) mass is 254 g/mol. The number of rotatable bonds is 9. The molecule has 1 heterocycles. The Morgan fingerprint density at radius 1 is 1.39 bits per heavy atom. The highest BCUT2D eigenvalue weighted by atomic mass is 16.5. The second-order valence-electron chi connectivity index (χ2n) is 4.81. The third kappa shape index (κ3) is 5.52. The maximum absolute atomic E-state index is 11.9. The highest BCUT2D eigenvalue weighted by Gasteiger charge is 2.22. The minimum Gasteiger partial charge on any atom is -0.466 e. The lowest BCUT2D eigenvalue weighted by atomic mass is 10.0. The van der Waals surface area contributed by atoms with E-state index in [0.717, 1.165) is 32.5 Å². The summed E-state index contributed by atoms with van der Waals surface area (Å²) in [5.74, 6) is -0.0411. The van der Waals surface area contributed by atoms with Crippen LogP contribution in [0, 0.1) is 5.92 Å². The van der Waals surface area contributed by atoms with Crippen LogP contribution in [0.5, 0.6) is 0 Å². The van der Waals surface area contributed by atoms with Crippen molar-refractivity contribution in [1.29, 1.82) is 0 Å². The van der Waals surface area contributed by atoms with Gasteiger partial charge in [0.25, 0.3) is 0 Å². The standard InChI is InChI=1S/C14H26N2O2/c1-3-5-6-7-8-13(14(17)18-4-2)11-16-10-9-15-12-16/h12-13H,3-11H2,1-2H3. The second kappa shape index (κ2) is 8.95. The molecule has 1 aliphatic rings. The van der Waals surface area contributed by atoms with E-state index in [1.807, 2.05) is 13.3 Å². The molecule has 18 heavy (non-hydrogen) atoms. The lowest BCUT2D eigenvalue weighted by molar-refractivity contribution is -0.148. The van der Waals surface area contributed by atoms with E-state index in [1.165, 1.54) is 19.3 Å². The largest absolute Gasteiger partial charge is 0.466 e. The Morgan fingerprint density at radius 3 is 2.83 bits per heavy atom. The van der Waals surface area contributed by atoms with Crippen molar-refractivity contribution in [2.75, 3.05) is 26.2 Å². The summed E-state index contributed by atoms with van der Waals surface area (Å²) in [4.78, 5) is 18.2. The third-order valence-corrected chi connectivity index (χ3v) is 3.24. The summed E-state index contributed by atoms with van der Waals surface area (Å²) in [6, 6.07) is 0. The fraction of sp³-hybridized carbons (Fsp3) is 0.857. The predicted octanol–water partition coefficient (Wildman–Crippen LogP) is 2.48. The van der Waals surface area contributed by atoms with Gasteiger partial charge in [-0.2, -0.15) is 0 Å². The number of ether oxygens (including phenoxy) is 1. The lowest BCUT2D eigenvalue weighted by Crippen LogP contribution is -2.32. The molecule has 0 bridgehead atoms. The van der Waals surface area contributed by atoms with Crippen LogP contribution in [0.3, 0.4) is 0 Å². The van der Waals surface area contributed by atoms with Gasteiger partial charge in [-0.05, 0) is 13.3 Å². The quantitative estimate of drug-likeness (QED) is 0.469. The van der Waals surface area contributed by atoms with E-state index < -0.39 is 0 Å². The Hall–Kier alpha value is -1.06. The molecule has 0 spiro atoms. The van der Waals surface area contributed by atoms with E-state index >= 15 is 0 Å². The first-order chi connectivity index (χ1) is 8.77. The molecule has 0 radical (unpaired) electrons. The molecule has 1 unspecified atom stereocenters. The number of hydrogen-bond acceptors (Lipinski definition) is 4. The predicted molar refractivity (Wildman–Crippen MR) is 73.8 cm³/mol. The third-order valence-electron chi connectivity index (χ3n) is 3.24. The zero-order chi connectivity index (χ0) is 13.2. The molecule has 4 heteroatoms. The summed E-state index contributed by atoms with van der Waals surface area (Å²) in [6.45, 7) is 7.08. The van der Waals surface area contributed by atoms with Crippen molar-refractivity contribution in [3.8, 4) is 0 Å². The highest BCUT2D eigenvalue weighted by Crippen LogP contribution is 2.15. The molecule has 0 fully saturated rings. The first-order valence-electron chi connectivity index (χ1n) is 7.18. The van der Waals surface area contributed by atoms with Crippen LogP contribution in [0.25, 0.3) is 0 Å². The number of aliphatic imine (C=N–C) groups is 1. The Morgan fingerprint density at radius 2 is 2.22 bits per heavy atom. The Kier molecular flexibility index (Phi) is 7.46. The molecule has 0 N–H and O–H groups in total. The molecule has 0 aromatic heterocycles. The Bertz CT molecular complexity index is 267. The average Bonchev–Trinajstić information content (AvgIpc) is 2.86. The minimum atomic E-state index is -0.0469. The minimum absolute atomic E-state index is 0.00589. The summed E-state index contributed by atoms with van der Waals surface area (Å²) in [5.41, 5.74) is 0. The van der Waals surface area contributed by atoms with Crippen molar-refractivity contribution in [1.82, 2.24) is 4.90 Å². The molecule has 0 saturated heterocycles. The molecule has 0 aromatic carbocycles. The smallest absolute Gasteiger partial charge is 0.310 e.